The predicted octanol–water partition coefficient (Wildman–Crippen LogP) is 5.62. The van der Waals surface area contributed by atoms with Crippen LogP contribution in [0.4, 0.5) is 5.69 Å². The maximum absolute atomic E-state index is 11.1. The quantitative estimate of drug-likeness (QED) is 0.592. The summed E-state index contributed by atoms with van der Waals surface area (Å²) in [5.74, 6) is -0.156. The minimum Gasteiger partial charge on any atom is -0.489 e. The molecule has 2 aromatic carbocycles. The molecule has 0 bridgehead atoms. The van der Waals surface area contributed by atoms with Crippen molar-refractivity contribution in [2.75, 3.05) is 5.32 Å². The second-order valence-corrected chi connectivity index (χ2v) is 7.45. The average Bonchev–Trinajstić information content (AvgIpc) is 2.49. The van der Waals surface area contributed by atoms with Gasteiger partial charge in [0.2, 0.25) is 0 Å². The van der Waals surface area contributed by atoms with Gasteiger partial charge in [0.05, 0.1) is 20.6 Å². The Bertz CT molecular complexity index is 737. The van der Waals surface area contributed by atoms with Crippen molar-refractivity contribution in [3.8, 4) is 5.75 Å². The summed E-state index contributed by atoms with van der Waals surface area (Å²) >= 11 is 7.07. The second-order valence-electron chi connectivity index (χ2n) is 5.74. The van der Waals surface area contributed by atoms with Crippen LogP contribution in [-0.2, 0) is 6.54 Å². The van der Waals surface area contributed by atoms with Gasteiger partial charge in [-0.05, 0) is 88.0 Å². The SMILES string of the molecule is Cc1ccc(C(=O)O)cc1NCc1cc(Br)c(OC(C)C)c(Br)c1. The maximum atomic E-state index is 11.1. The van der Waals surface area contributed by atoms with E-state index in [9.17, 15) is 4.79 Å². The van der Waals surface area contributed by atoms with Crippen LogP contribution >= 0.6 is 31.9 Å². The zero-order valence-electron chi connectivity index (χ0n) is 13.7. The Kier molecular flexibility index (Phi) is 6.29. The van der Waals surface area contributed by atoms with Gasteiger partial charge in [-0.2, -0.15) is 0 Å². The van der Waals surface area contributed by atoms with Gasteiger partial charge in [-0.1, -0.05) is 6.07 Å². The molecule has 0 saturated heterocycles. The van der Waals surface area contributed by atoms with Gasteiger partial charge in [0, 0.05) is 12.2 Å². The lowest BCUT2D eigenvalue weighted by atomic mass is 10.1. The molecule has 0 amide bonds. The van der Waals surface area contributed by atoms with Crippen LogP contribution in [0.5, 0.6) is 5.75 Å². The lowest BCUT2D eigenvalue weighted by molar-refractivity contribution is 0.0697. The Morgan fingerprint density at radius 1 is 1.21 bits per heavy atom. The predicted molar refractivity (Wildman–Crippen MR) is 103 cm³/mol. The first-order valence-corrected chi connectivity index (χ1v) is 9.09. The molecule has 0 spiro atoms. The van der Waals surface area contributed by atoms with Crippen molar-refractivity contribution in [2.45, 2.75) is 33.4 Å². The number of halogens is 2. The minimum absolute atomic E-state index is 0.0861. The Balaban J connectivity index is 2.18. The first-order valence-electron chi connectivity index (χ1n) is 7.50. The molecule has 2 N–H and O–H groups in total. The van der Waals surface area contributed by atoms with Gasteiger partial charge in [0.15, 0.2) is 0 Å². The number of rotatable bonds is 6. The summed E-state index contributed by atoms with van der Waals surface area (Å²) in [6.45, 7) is 6.47. The molecular formula is C18H19Br2NO3. The number of nitrogens with one attached hydrogen (secondary N) is 1. The molecule has 0 radical (unpaired) electrons. The second kappa shape index (κ2) is 8.03. The number of carboxylic acid groups (broad SMARTS) is 1. The molecule has 0 unspecified atom stereocenters. The van der Waals surface area contributed by atoms with E-state index in [0.717, 1.165) is 31.5 Å². The van der Waals surface area contributed by atoms with Crippen molar-refractivity contribution in [2.24, 2.45) is 0 Å². The fourth-order valence-corrected chi connectivity index (χ4v) is 3.67. The molecule has 0 saturated carbocycles. The van der Waals surface area contributed by atoms with E-state index >= 15 is 0 Å². The van der Waals surface area contributed by atoms with E-state index < -0.39 is 5.97 Å². The Hall–Kier alpha value is -1.53. The summed E-state index contributed by atoms with van der Waals surface area (Å²) in [5.41, 5.74) is 3.12. The molecule has 128 valence electrons. The summed E-state index contributed by atoms with van der Waals surface area (Å²) in [6.07, 6.45) is 0.0861. The van der Waals surface area contributed by atoms with Crippen molar-refractivity contribution >= 4 is 43.5 Å². The summed E-state index contributed by atoms with van der Waals surface area (Å²) < 4.78 is 7.52. The molecule has 0 fully saturated rings. The van der Waals surface area contributed by atoms with Gasteiger partial charge < -0.3 is 15.2 Å². The van der Waals surface area contributed by atoms with Crippen LogP contribution in [-0.4, -0.2) is 17.2 Å². The maximum Gasteiger partial charge on any atom is 0.335 e. The molecule has 4 nitrogen and oxygen atoms in total. The Labute approximate surface area is 158 Å². The fraction of sp³-hybridized carbons (Fsp3) is 0.278. The van der Waals surface area contributed by atoms with Gasteiger partial charge in [-0.15, -0.1) is 0 Å². The van der Waals surface area contributed by atoms with Crippen LogP contribution in [0.3, 0.4) is 0 Å². The van der Waals surface area contributed by atoms with Gasteiger partial charge in [0.1, 0.15) is 5.75 Å². The number of anilines is 1. The highest BCUT2D eigenvalue weighted by atomic mass is 79.9. The van der Waals surface area contributed by atoms with Crippen LogP contribution < -0.4 is 10.1 Å². The topological polar surface area (TPSA) is 58.6 Å². The molecule has 0 aliphatic heterocycles. The van der Waals surface area contributed by atoms with Gasteiger partial charge in [-0.25, -0.2) is 4.79 Å². The number of benzene rings is 2. The molecular weight excluding hydrogens is 438 g/mol. The Morgan fingerprint density at radius 3 is 2.38 bits per heavy atom. The normalized spacial score (nSPS) is 10.8. The van der Waals surface area contributed by atoms with Crippen molar-refractivity contribution in [1.29, 1.82) is 0 Å². The third-order valence-electron chi connectivity index (χ3n) is 3.38. The number of hydrogen-bond acceptors (Lipinski definition) is 3. The monoisotopic (exact) mass is 455 g/mol. The molecule has 6 heteroatoms. The van der Waals surface area contributed by atoms with Gasteiger partial charge in [-0.3, -0.25) is 0 Å². The highest BCUT2D eigenvalue weighted by molar-refractivity contribution is 9.11. The van der Waals surface area contributed by atoms with Crippen LogP contribution in [0, 0.1) is 6.92 Å². The third kappa shape index (κ3) is 4.74. The molecule has 24 heavy (non-hydrogen) atoms. The Morgan fingerprint density at radius 2 is 1.83 bits per heavy atom. The molecule has 0 aliphatic rings. The van der Waals surface area contributed by atoms with E-state index in [1.54, 1.807) is 18.2 Å². The van der Waals surface area contributed by atoms with Crippen molar-refractivity contribution in [3.05, 3.63) is 56.0 Å². The zero-order valence-corrected chi connectivity index (χ0v) is 16.9. The number of hydrogen-bond donors (Lipinski definition) is 2. The van der Waals surface area contributed by atoms with E-state index in [0.29, 0.717) is 6.54 Å². The van der Waals surface area contributed by atoms with Crippen LogP contribution in [0.15, 0.2) is 39.3 Å². The van der Waals surface area contributed by atoms with Crippen LogP contribution in [0.1, 0.15) is 35.3 Å². The number of ether oxygens (including phenoxy) is 1. The molecule has 0 aliphatic carbocycles. The van der Waals surface area contributed by atoms with E-state index in [2.05, 4.69) is 37.2 Å². The molecule has 0 aromatic heterocycles. The molecule has 2 aromatic rings. The molecule has 0 heterocycles. The van der Waals surface area contributed by atoms with E-state index in [1.807, 2.05) is 32.9 Å². The first kappa shape index (κ1) is 18.8. The average molecular weight is 457 g/mol. The van der Waals surface area contributed by atoms with E-state index in [-0.39, 0.29) is 11.7 Å². The highest BCUT2D eigenvalue weighted by Gasteiger charge is 2.11. The van der Waals surface area contributed by atoms with Crippen molar-refractivity contribution in [3.63, 3.8) is 0 Å². The lowest BCUT2D eigenvalue weighted by Gasteiger charge is -2.16. The zero-order chi connectivity index (χ0) is 17.9. The lowest BCUT2D eigenvalue weighted by Crippen LogP contribution is -2.08. The number of aryl methyl sites for hydroxylation is 1. The summed E-state index contributed by atoms with van der Waals surface area (Å²) in [6, 6.07) is 9.04. The third-order valence-corrected chi connectivity index (χ3v) is 4.56. The van der Waals surface area contributed by atoms with Crippen molar-refractivity contribution < 1.29 is 14.6 Å². The van der Waals surface area contributed by atoms with Crippen LogP contribution in [0.25, 0.3) is 0 Å². The van der Waals surface area contributed by atoms with Gasteiger partial charge in [0.25, 0.3) is 0 Å². The summed E-state index contributed by atoms with van der Waals surface area (Å²) in [5, 5.41) is 12.4. The first-order chi connectivity index (χ1) is 11.3. The summed E-state index contributed by atoms with van der Waals surface area (Å²) in [7, 11) is 0. The minimum atomic E-state index is -0.932. The fourth-order valence-electron chi connectivity index (χ4n) is 2.21. The van der Waals surface area contributed by atoms with Crippen molar-refractivity contribution in [1.82, 2.24) is 0 Å². The standard InChI is InChI=1S/C18H19Br2NO3/c1-10(2)24-17-14(19)6-12(7-15(17)20)9-21-16-8-13(18(22)23)5-4-11(16)3/h4-8,10,21H,9H2,1-3H3,(H,22,23). The largest absolute Gasteiger partial charge is 0.489 e. The van der Waals surface area contributed by atoms with Crippen LogP contribution in [0.2, 0.25) is 0 Å². The molecule has 2 rings (SSSR count). The number of carbonyl (C=O) groups is 1. The molecule has 0 atom stereocenters. The van der Waals surface area contributed by atoms with E-state index in [1.165, 1.54) is 0 Å². The van der Waals surface area contributed by atoms with Gasteiger partial charge >= 0.3 is 5.97 Å². The summed E-state index contributed by atoms with van der Waals surface area (Å²) in [4.78, 5) is 11.1. The number of carboxylic acids is 1. The smallest absolute Gasteiger partial charge is 0.335 e. The highest BCUT2D eigenvalue weighted by Crippen LogP contribution is 2.35. The number of aromatic carboxylic acids is 1. The van der Waals surface area contributed by atoms with E-state index in [4.69, 9.17) is 9.84 Å².